The summed E-state index contributed by atoms with van der Waals surface area (Å²) in [5.74, 6) is -2.06. The van der Waals surface area contributed by atoms with Crippen molar-refractivity contribution in [1.82, 2.24) is 9.97 Å². The Kier molecular flexibility index (Phi) is 3.08. The minimum Gasteiger partial charge on any atom is -0.382 e. The number of anilines is 3. The number of hydrogen-bond donors (Lipinski definition) is 5. The van der Waals surface area contributed by atoms with Gasteiger partial charge in [0.25, 0.3) is 0 Å². The maximum absolute atomic E-state index is 12.3. The van der Waals surface area contributed by atoms with Gasteiger partial charge in [0.2, 0.25) is 5.95 Å². The summed E-state index contributed by atoms with van der Waals surface area (Å²) in [5.41, 5.74) is 22.7. The summed E-state index contributed by atoms with van der Waals surface area (Å²) in [5, 5.41) is 2.58. The van der Waals surface area contributed by atoms with E-state index in [-0.39, 0.29) is 29.0 Å². The fourth-order valence-electron chi connectivity index (χ4n) is 1.77. The monoisotopic (exact) mass is 290 g/mol. The quantitative estimate of drug-likeness (QED) is 0.502. The van der Waals surface area contributed by atoms with E-state index < -0.39 is 24.8 Å². The van der Waals surface area contributed by atoms with Crippen molar-refractivity contribution in [3.05, 3.63) is 5.69 Å². The molecule has 0 aromatic carbocycles. The molecule has 1 aromatic rings. The zero-order valence-corrected chi connectivity index (χ0v) is 10.2. The highest BCUT2D eigenvalue weighted by Gasteiger charge is 2.37. The van der Waals surface area contributed by atoms with Crippen molar-refractivity contribution in [2.24, 2.45) is 16.5 Å². The average Bonchev–Trinajstić information content (AvgIpc) is 2.28. The summed E-state index contributed by atoms with van der Waals surface area (Å²) >= 11 is 0. The predicted octanol–water partition coefficient (Wildman–Crippen LogP) is -0.273. The number of nitrogens with zero attached hydrogens (tertiary/aromatic N) is 3. The van der Waals surface area contributed by atoms with E-state index in [0.717, 1.165) is 0 Å². The highest BCUT2D eigenvalue weighted by atomic mass is 19.4. The third-order valence-electron chi connectivity index (χ3n) is 2.65. The Morgan fingerprint density at radius 1 is 1.15 bits per heavy atom. The maximum Gasteiger partial charge on any atom is 0.389 e. The second kappa shape index (κ2) is 4.37. The molecule has 0 radical (unpaired) electrons. The lowest BCUT2D eigenvalue weighted by Gasteiger charge is -2.33. The Labute approximate surface area is 111 Å². The van der Waals surface area contributed by atoms with E-state index in [4.69, 9.17) is 22.9 Å². The molecule has 0 aliphatic carbocycles. The van der Waals surface area contributed by atoms with Crippen molar-refractivity contribution in [2.75, 3.05) is 16.8 Å². The number of rotatable bonds is 2. The van der Waals surface area contributed by atoms with Gasteiger partial charge in [-0.2, -0.15) is 18.2 Å². The Hall–Kier alpha value is -2.30. The van der Waals surface area contributed by atoms with Crippen LogP contribution in [0.1, 0.15) is 18.5 Å². The molecule has 2 heterocycles. The van der Waals surface area contributed by atoms with Crippen LogP contribution in [0.3, 0.4) is 0 Å². The third kappa shape index (κ3) is 2.82. The molecule has 110 valence electrons. The van der Waals surface area contributed by atoms with E-state index >= 15 is 0 Å². The van der Waals surface area contributed by atoms with E-state index in [9.17, 15) is 13.2 Å². The molecule has 0 saturated heterocycles. The molecule has 11 heteroatoms. The van der Waals surface area contributed by atoms with Crippen LogP contribution in [0.4, 0.5) is 30.6 Å². The zero-order valence-electron chi connectivity index (χ0n) is 10.2. The van der Waals surface area contributed by atoms with Crippen LogP contribution in [0.25, 0.3) is 0 Å². The van der Waals surface area contributed by atoms with Crippen LogP contribution >= 0.6 is 0 Å². The summed E-state index contributed by atoms with van der Waals surface area (Å²) < 4.78 is 36.8. The molecule has 2 rings (SSSR count). The van der Waals surface area contributed by atoms with Crippen LogP contribution in [0.2, 0.25) is 0 Å². The van der Waals surface area contributed by atoms with Crippen molar-refractivity contribution in [2.45, 2.75) is 24.8 Å². The lowest BCUT2D eigenvalue weighted by atomic mass is 10.1. The SMILES string of the molecule is NC1=NC(N)(CCC(F)(F)F)Nc2c(N)nc(N)nc21. The van der Waals surface area contributed by atoms with Gasteiger partial charge in [-0.15, -0.1) is 0 Å². The normalized spacial score (nSPS) is 21.9. The van der Waals surface area contributed by atoms with Crippen molar-refractivity contribution >= 4 is 23.3 Å². The van der Waals surface area contributed by atoms with Gasteiger partial charge in [-0.25, -0.2) is 9.98 Å². The first-order valence-electron chi connectivity index (χ1n) is 5.52. The van der Waals surface area contributed by atoms with Crippen LogP contribution in [0, 0.1) is 0 Å². The molecule has 1 atom stereocenters. The van der Waals surface area contributed by atoms with Gasteiger partial charge < -0.3 is 22.5 Å². The summed E-state index contributed by atoms with van der Waals surface area (Å²) in [4.78, 5) is 11.3. The molecule has 1 unspecified atom stereocenters. The smallest absolute Gasteiger partial charge is 0.382 e. The van der Waals surface area contributed by atoms with E-state index in [2.05, 4.69) is 20.3 Å². The van der Waals surface area contributed by atoms with Gasteiger partial charge in [-0.05, 0) is 0 Å². The van der Waals surface area contributed by atoms with Crippen molar-refractivity contribution in [3.63, 3.8) is 0 Å². The van der Waals surface area contributed by atoms with E-state index in [1.165, 1.54) is 0 Å². The Balaban J connectivity index is 2.33. The lowest BCUT2D eigenvalue weighted by molar-refractivity contribution is -0.137. The van der Waals surface area contributed by atoms with Crippen molar-refractivity contribution in [3.8, 4) is 0 Å². The molecule has 1 aliphatic heterocycles. The van der Waals surface area contributed by atoms with E-state index in [0.29, 0.717) is 0 Å². The number of nitrogen functional groups attached to an aromatic ring is 2. The van der Waals surface area contributed by atoms with Crippen LogP contribution in [0.5, 0.6) is 0 Å². The topological polar surface area (TPSA) is 154 Å². The Morgan fingerprint density at radius 2 is 1.80 bits per heavy atom. The largest absolute Gasteiger partial charge is 0.389 e. The van der Waals surface area contributed by atoms with Gasteiger partial charge in [0, 0.05) is 12.8 Å². The van der Waals surface area contributed by atoms with Crippen LogP contribution in [-0.4, -0.2) is 27.8 Å². The molecule has 9 N–H and O–H groups in total. The van der Waals surface area contributed by atoms with Crippen molar-refractivity contribution < 1.29 is 13.2 Å². The van der Waals surface area contributed by atoms with E-state index in [1.807, 2.05) is 0 Å². The second-order valence-corrected chi connectivity index (χ2v) is 4.35. The lowest BCUT2D eigenvalue weighted by Crippen LogP contribution is -2.51. The van der Waals surface area contributed by atoms with Gasteiger partial charge in [-0.3, -0.25) is 5.73 Å². The first kappa shape index (κ1) is 14.1. The fourth-order valence-corrected chi connectivity index (χ4v) is 1.77. The van der Waals surface area contributed by atoms with Gasteiger partial charge in [-0.1, -0.05) is 0 Å². The number of fused-ring (bicyclic) bond motifs is 1. The highest BCUT2D eigenvalue weighted by molar-refractivity contribution is 6.04. The average molecular weight is 290 g/mol. The van der Waals surface area contributed by atoms with Gasteiger partial charge in [0.05, 0.1) is 0 Å². The van der Waals surface area contributed by atoms with Crippen molar-refractivity contribution in [1.29, 1.82) is 0 Å². The third-order valence-corrected chi connectivity index (χ3v) is 2.65. The number of amidine groups is 1. The van der Waals surface area contributed by atoms with Crippen LogP contribution < -0.4 is 28.3 Å². The van der Waals surface area contributed by atoms with E-state index in [1.54, 1.807) is 0 Å². The summed E-state index contributed by atoms with van der Waals surface area (Å²) in [6, 6.07) is 0. The number of aliphatic imine (C=N–C) groups is 1. The molecule has 20 heavy (non-hydrogen) atoms. The number of aromatic nitrogens is 2. The summed E-state index contributed by atoms with van der Waals surface area (Å²) in [7, 11) is 0. The predicted molar refractivity (Wildman–Crippen MR) is 67.4 cm³/mol. The minimum absolute atomic E-state index is 0.0628. The van der Waals surface area contributed by atoms with Gasteiger partial charge in [0.15, 0.2) is 17.4 Å². The van der Waals surface area contributed by atoms with Gasteiger partial charge >= 0.3 is 6.18 Å². The Morgan fingerprint density at radius 3 is 2.40 bits per heavy atom. The molecule has 0 saturated carbocycles. The molecular weight excluding hydrogens is 277 g/mol. The molecule has 1 aromatic heterocycles. The number of alkyl halides is 3. The zero-order chi connectivity index (χ0) is 15.1. The first-order valence-corrected chi connectivity index (χ1v) is 5.52. The minimum atomic E-state index is -4.36. The molecule has 1 aliphatic rings. The maximum atomic E-state index is 12.3. The standard InChI is InChI=1S/C9H13F3N8/c10-8(11,12)1-2-9(16)19-4-3(6(14)20-9)17-7(15)18-5(4)13/h19H,1-2,16H2,(H2,14,20)(H4,13,15,17,18). The molecule has 0 fully saturated rings. The highest BCUT2D eigenvalue weighted by Crippen LogP contribution is 2.32. The number of nitrogens with two attached hydrogens (primary N) is 4. The molecule has 8 nitrogen and oxygen atoms in total. The molecule has 0 bridgehead atoms. The number of hydrogen-bond acceptors (Lipinski definition) is 8. The summed E-state index contributed by atoms with van der Waals surface area (Å²) in [6.45, 7) is 0. The number of halogens is 3. The number of nitrogens with one attached hydrogen (secondary N) is 1. The Bertz CT molecular complexity index is 569. The second-order valence-electron chi connectivity index (χ2n) is 4.35. The fraction of sp³-hybridized carbons (Fsp3) is 0.444. The molecule has 0 spiro atoms. The van der Waals surface area contributed by atoms with Crippen LogP contribution in [-0.2, 0) is 0 Å². The first-order chi connectivity index (χ1) is 9.10. The molecule has 0 amide bonds. The van der Waals surface area contributed by atoms with Gasteiger partial charge in [0.1, 0.15) is 11.4 Å². The molecular formula is C9H13F3N8. The summed E-state index contributed by atoms with van der Waals surface area (Å²) in [6.07, 6.45) is -6.00. The van der Waals surface area contributed by atoms with Crippen LogP contribution in [0.15, 0.2) is 4.99 Å².